The molecule has 0 saturated carbocycles. The molecule has 0 aliphatic rings. The number of pyridine rings is 1. The topological polar surface area (TPSA) is 54.4 Å². The largest absolute Gasteiger partial charge is 0.487 e. The molecule has 23 heavy (non-hydrogen) atoms. The van der Waals surface area contributed by atoms with E-state index in [1.54, 1.807) is 6.20 Å². The van der Waals surface area contributed by atoms with Crippen molar-refractivity contribution in [2.45, 2.75) is 40.0 Å². The van der Waals surface area contributed by atoms with Crippen molar-refractivity contribution in [3.05, 3.63) is 59.9 Å². The first-order valence-corrected chi connectivity index (χ1v) is 7.96. The lowest BCUT2D eigenvalue weighted by Gasteiger charge is -2.26. The maximum atomic E-state index is 10.1. The third-order valence-corrected chi connectivity index (χ3v) is 3.73. The Balaban J connectivity index is 1.90. The molecular formula is C19H26N2O2. The van der Waals surface area contributed by atoms with Gasteiger partial charge in [0.1, 0.15) is 12.4 Å². The number of benzene rings is 1. The molecule has 0 fully saturated rings. The van der Waals surface area contributed by atoms with Gasteiger partial charge in [0.15, 0.2) is 0 Å². The van der Waals surface area contributed by atoms with Crippen LogP contribution in [0.5, 0.6) is 5.75 Å². The summed E-state index contributed by atoms with van der Waals surface area (Å²) in [5.41, 5.74) is 1.85. The van der Waals surface area contributed by atoms with E-state index in [9.17, 15) is 5.11 Å². The number of aromatic nitrogens is 1. The zero-order valence-corrected chi connectivity index (χ0v) is 14.1. The number of hydrogen-bond acceptors (Lipinski definition) is 4. The Morgan fingerprint density at radius 3 is 2.57 bits per heavy atom. The lowest BCUT2D eigenvalue weighted by atomic mass is 9.89. The first-order chi connectivity index (χ1) is 11.0. The molecule has 1 unspecified atom stereocenters. The van der Waals surface area contributed by atoms with E-state index in [0.717, 1.165) is 17.0 Å². The van der Waals surface area contributed by atoms with Gasteiger partial charge in [-0.25, -0.2) is 0 Å². The van der Waals surface area contributed by atoms with Gasteiger partial charge in [0.2, 0.25) is 0 Å². The highest BCUT2D eigenvalue weighted by molar-refractivity contribution is 5.33. The third kappa shape index (κ3) is 5.66. The Labute approximate surface area is 138 Å². The van der Waals surface area contributed by atoms with Gasteiger partial charge >= 0.3 is 0 Å². The van der Waals surface area contributed by atoms with Gasteiger partial charge in [0.25, 0.3) is 0 Å². The minimum atomic E-state index is -0.385. The lowest BCUT2D eigenvalue weighted by Crippen LogP contribution is -2.36. The summed E-state index contributed by atoms with van der Waals surface area (Å²) in [4.78, 5) is 4.26. The second-order valence-corrected chi connectivity index (χ2v) is 6.73. The highest BCUT2D eigenvalue weighted by Gasteiger charge is 2.21. The van der Waals surface area contributed by atoms with Crippen LogP contribution in [0.2, 0.25) is 0 Å². The third-order valence-electron chi connectivity index (χ3n) is 3.73. The summed E-state index contributed by atoms with van der Waals surface area (Å²) < 4.78 is 5.88. The van der Waals surface area contributed by atoms with Gasteiger partial charge in [-0.15, -0.1) is 0 Å². The normalized spacial score (nSPS) is 12.9. The monoisotopic (exact) mass is 314 g/mol. The van der Waals surface area contributed by atoms with E-state index in [1.807, 2.05) is 63.2 Å². The van der Waals surface area contributed by atoms with Crippen LogP contribution < -0.4 is 10.1 Å². The predicted octanol–water partition coefficient (Wildman–Crippen LogP) is 3.16. The molecule has 0 bridgehead atoms. The van der Waals surface area contributed by atoms with Gasteiger partial charge in [-0.05, 0) is 23.6 Å². The van der Waals surface area contributed by atoms with Gasteiger partial charge in [0.05, 0.1) is 11.8 Å². The van der Waals surface area contributed by atoms with Crippen LogP contribution in [0.1, 0.15) is 32.0 Å². The van der Waals surface area contributed by atoms with Crippen LogP contribution in [0.3, 0.4) is 0 Å². The molecular weight excluding hydrogens is 288 g/mol. The van der Waals surface area contributed by atoms with Gasteiger partial charge in [-0.3, -0.25) is 4.98 Å². The second-order valence-electron chi connectivity index (χ2n) is 6.73. The van der Waals surface area contributed by atoms with E-state index in [2.05, 4.69) is 10.3 Å². The molecule has 0 amide bonds. The van der Waals surface area contributed by atoms with Crippen molar-refractivity contribution < 1.29 is 9.84 Å². The molecule has 2 aromatic rings. The van der Waals surface area contributed by atoms with Crippen LogP contribution in [-0.4, -0.2) is 22.7 Å². The SMILES string of the molecule is CC(C)(C)C(O)CNCc1ccccc1OCc1ccccn1. The number of aliphatic hydroxyl groups is 1. The van der Waals surface area contributed by atoms with Gasteiger partial charge in [-0.2, -0.15) is 0 Å². The molecule has 2 rings (SSSR count). The summed E-state index contributed by atoms with van der Waals surface area (Å²) in [6.07, 6.45) is 1.38. The fourth-order valence-corrected chi connectivity index (χ4v) is 2.08. The molecule has 1 aromatic heterocycles. The van der Waals surface area contributed by atoms with Crippen LogP contribution in [-0.2, 0) is 13.2 Å². The number of nitrogens with zero attached hydrogens (tertiary/aromatic N) is 1. The minimum Gasteiger partial charge on any atom is -0.487 e. The smallest absolute Gasteiger partial charge is 0.130 e. The Kier molecular flexibility index (Phi) is 6.13. The fourth-order valence-electron chi connectivity index (χ4n) is 2.08. The van der Waals surface area contributed by atoms with E-state index < -0.39 is 0 Å². The summed E-state index contributed by atoms with van der Waals surface area (Å²) in [5, 5.41) is 13.4. The molecule has 0 saturated heterocycles. The Morgan fingerprint density at radius 2 is 1.87 bits per heavy atom. The van der Waals surface area contributed by atoms with E-state index >= 15 is 0 Å². The Bertz CT molecular complexity index is 594. The molecule has 1 aromatic carbocycles. The average molecular weight is 314 g/mol. The zero-order chi connectivity index (χ0) is 16.7. The van der Waals surface area contributed by atoms with Gasteiger partial charge in [0, 0.05) is 24.8 Å². The van der Waals surface area contributed by atoms with Gasteiger partial charge < -0.3 is 15.2 Å². The Morgan fingerprint density at radius 1 is 1.13 bits per heavy atom. The molecule has 4 heteroatoms. The fraction of sp³-hybridized carbons (Fsp3) is 0.421. The molecule has 0 aliphatic heterocycles. The van der Waals surface area contributed by atoms with E-state index in [0.29, 0.717) is 19.7 Å². The molecule has 0 spiro atoms. The predicted molar refractivity (Wildman–Crippen MR) is 92.2 cm³/mol. The molecule has 0 aliphatic carbocycles. The van der Waals surface area contributed by atoms with Gasteiger partial charge in [-0.1, -0.05) is 45.0 Å². The first-order valence-electron chi connectivity index (χ1n) is 7.96. The molecule has 124 valence electrons. The highest BCUT2D eigenvalue weighted by Crippen LogP contribution is 2.20. The van der Waals surface area contributed by atoms with Crippen LogP contribution in [0.4, 0.5) is 0 Å². The number of para-hydroxylation sites is 1. The Hall–Kier alpha value is -1.91. The van der Waals surface area contributed by atoms with Crippen molar-refractivity contribution in [3.63, 3.8) is 0 Å². The lowest BCUT2D eigenvalue weighted by molar-refractivity contribution is 0.0627. The summed E-state index contributed by atoms with van der Waals surface area (Å²) in [6.45, 7) is 7.75. The standard InChI is InChI=1S/C19H26N2O2/c1-19(2,3)18(22)13-20-12-15-8-4-5-10-17(15)23-14-16-9-6-7-11-21-16/h4-11,18,20,22H,12-14H2,1-3H3. The average Bonchev–Trinajstić information content (AvgIpc) is 2.54. The number of rotatable bonds is 7. The van der Waals surface area contributed by atoms with E-state index in [1.165, 1.54) is 0 Å². The molecule has 1 atom stereocenters. The van der Waals surface area contributed by atoms with Crippen LogP contribution in [0, 0.1) is 5.41 Å². The van der Waals surface area contributed by atoms with Crippen molar-refractivity contribution in [3.8, 4) is 5.75 Å². The summed E-state index contributed by atoms with van der Waals surface area (Å²) in [5.74, 6) is 0.843. The summed E-state index contributed by atoms with van der Waals surface area (Å²) in [6, 6.07) is 13.7. The van der Waals surface area contributed by atoms with Crippen molar-refractivity contribution in [2.24, 2.45) is 5.41 Å². The molecule has 4 nitrogen and oxygen atoms in total. The van der Waals surface area contributed by atoms with Crippen LogP contribution in [0.25, 0.3) is 0 Å². The van der Waals surface area contributed by atoms with Crippen molar-refractivity contribution in [1.82, 2.24) is 10.3 Å². The first kappa shape index (κ1) is 17.4. The number of aliphatic hydroxyl groups excluding tert-OH is 1. The zero-order valence-electron chi connectivity index (χ0n) is 14.1. The molecule has 1 heterocycles. The number of nitrogens with one attached hydrogen (secondary N) is 1. The number of ether oxygens (including phenoxy) is 1. The molecule has 2 N–H and O–H groups in total. The maximum Gasteiger partial charge on any atom is 0.130 e. The molecule has 0 radical (unpaired) electrons. The van der Waals surface area contributed by atoms with Crippen LogP contribution in [0.15, 0.2) is 48.7 Å². The second kappa shape index (κ2) is 8.09. The highest BCUT2D eigenvalue weighted by atomic mass is 16.5. The summed E-state index contributed by atoms with van der Waals surface area (Å²) >= 11 is 0. The van der Waals surface area contributed by atoms with Crippen molar-refractivity contribution >= 4 is 0 Å². The van der Waals surface area contributed by atoms with Crippen LogP contribution >= 0.6 is 0 Å². The quantitative estimate of drug-likeness (QED) is 0.824. The van der Waals surface area contributed by atoms with E-state index in [4.69, 9.17) is 4.74 Å². The maximum absolute atomic E-state index is 10.1. The minimum absolute atomic E-state index is 0.123. The van der Waals surface area contributed by atoms with Crippen molar-refractivity contribution in [2.75, 3.05) is 6.54 Å². The number of hydrogen-bond donors (Lipinski definition) is 2. The summed E-state index contributed by atoms with van der Waals surface area (Å²) in [7, 11) is 0. The van der Waals surface area contributed by atoms with Crippen molar-refractivity contribution in [1.29, 1.82) is 0 Å². The van der Waals surface area contributed by atoms with E-state index in [-0.39, 0.29) is 11.5 Å².